The summed E-state index contributed by atoms with van der Waals surface area (Å²) in [6.07, 6.45) is 4.37. The number of hydrogen-bond donors (Lipinski definition) is 2. The van der Waals surface area contributed by atoms with Gasteiger partial charge in [-0.3, -0.25) is 9.78 Å². The quantitative estimate of drug-likeness (QED) is 0.691. The molecule has 0 aliphatic carbocycles. The number of carbonyl (C=O) groups excluding carboxylic acids is 1. The number of aromatic amines is 1. The van der Waals surface area contributed by atoms with Crippen molar-refractivity contribution in [3.8, 4) is 0 Å². The number of fused-ring (bicyclic) bond motifs is 1. The zero-order chi connectivity index (χ0) is 16.8. The van der Waals surface area contributed by atoms with Crippen molar-refractivity contribution in [2.45, 2.75) is 25.1 Å². The van der Waals surface area contributed by atoms with Crippen molar-refractivity contribution >= 4 is 28.7 Å². The summed E-state index contributed by atoms with van der Waals surface area (Å²) in [7, 11) is 0. The van der Waals surface area contributed by atoms with Gasteiger partial charge in [0.2, 0.25) is 5.91 Å². The number of nitrogens with one attached hydrogen (secondary N) is 2. The lowest BCUT2D eigenvalue weighted by Gasteiger charge is -2.14. The van der Waals surface area contributed by atoms with E-state index >= 15 is 0 Å². The molecule has 3 rings (SSSR count). The van der Waals surface area contributed by atoms with Crippen molar-refractivity contribution in [1.29, 1.82) is 0 Å². The van der Waals surface area contributed by atoms with Gasteiger partial charge >= 0.3 is 0 Å². The molecule has 2 aromatic heterocycles. The number of thioether (sulfide) groups is 1. The molecule has 0 radical (unpaired) electrons. The standard InChI is InChI=1S/C18H20N4OS/c1-2-14(18-21-15-7-3-4-8-16(15)22-18)20-17(23)12-24-11-13-6-5-9-19-10-13/h3-10,14H,2,11-12H2,1H3,(H,20,23)(H,21,22)/t14-/m1/s1. The highest BCUT2D eigenvalue weighted by Gasteiger charge is 2.16. The van der Waals surface area contributed by atoms with Crippen molar-refractivity contribution in [3.63, 3.8) is 0 Å². The highest BCUT2D eigenvalue weighted by molar-refractivity contribution is 7.99. The molecule has 0 fully saturated rings. The zero-order valence-electron chi connectivity index (χ0n) is 13.5. The number of benzene rings is 1. The fraction of sp³-hybridized carbons (Fsp3) is 0.278. The third-order valence-corrected chi connectivity index (χ3v) is 4.71. The molecule has 0 saturated carbocycles. The number of H-pyrrole nitrogens is 1. The number of amides is 1. The molecular weight excluding hydrogens is 320 g/mol. The smallest absolute Gasteiger partial charge is 0.230 e. The summed E-state index contributed by atoms with van der Waals surface area (Å²) in [5, 5.41) is 3.06. The molecule has 124 valence electrons. The van der Waals surface area contributed by atoms with Gasteiger partial charge in [-0.25, -0.2) is 4.98 Å². The molecule has 6 heteroatoms. The van der Waals surface area contributed by atoms with Crippen LogP contribution in [0.25, 0.3) is 11.0 Å². The third-order valence-electron chi connectivity index (χ3n) is 3.71. The van der Waals surface area contributed by atoms with Gasteiger partial charge in [0.05, 0.1) is 22.8 Å². The molecule has 0 unspecified atom stereocenters. The van der Waals surface area contributed by atoms with E-state index < -0.39 is 0 Å². The Balaban J connectivity index is 1.55. The Bertz CT molecular complexity index is 770. The van der Waals surface area contributed by atoms with Crippen LogP contribution in [0.5, 0.6) is 0 Å². The van der Waals surface area contributed by atoms with Crippen LogP contribution in [0.4, 0.5) is 0 Å². The second kappa shape index (κ2) is 7.97. The van der Waals surface area contributed by atoms with Crippen LogP contribution in [0, 0.1) is 0 Å². The number of para-hydroxylation sites is 2. The number of pyridine rings is 1. The predicted molar refractivity (Wildman–Crippen MR) is 97.7 cm³/mol. The van der Waals surface area contributed by atoms with Gasteiger partial charge in [0.1, 0.15) is 5.82 Å². The van der Waals surface area contributed by atoms with E-state index in [0.717, 1.165) is 34.6 Å². The first-order chi connectivity index (χ1) is 11.8. The fourth-order valence-corrected chi connectivity index (χ4v) is 3.26. The maximum absolute atomic E-state index is 12.2. The summed E-state index contributed by atoms with van der Waals surface area (Å²) in [5.41, 5.74) is 3.04. The van der Waals surface area contributed by atoms with Crippen LogP contribution in [-0.2, 0) is 10.5 Å². The van der Waals surface area contributed by atoms with Gasteiger partial charge in [-0.1, -0.05) is 25.1 Å². The molecular formula is C18H20N4OS. The molecule has 3 aromatic rings. The predicted octanol–water partition coefficient (Wildman–Crippen LogP) is 3.46. The minimum absolute atomic E-state index is 0.0243. The Morgan fingerprint density at radius 3 is 2.92 bits per heavy atom. The maximum atomic E-state index is 12.2. The van der Waals surface area contributed by atoms with Crippen LogP contribution >= 0.6 is 11.8 Å². The van der Waals surface area contributed by atoms with Gasteiger partial charge in [-0.15, -0.1) is 11.8 Å². The van der Waals surface area contributed by atoms with E-state index in [1.54, 1.807) is 18.0 Å². The van der Waals surface area contributed by atoms with E-state index in [2.05, 4.69) is 20.3 Å². The molecule has 2 heterocycles. The van der Waals surface area contributed by atoms with Gasteiger partial charge in [0.15, 0.2) is 0 Å². The van der Waals surface area contributed by atoms with Gasteiger partial charge in [0.25, 0.3) is 0 Å². The van der Waals surface area contributed by atoms with Crippen LogP contribution in [0.3, 0.4) is 0 Å². The summed E-state index contributed by atoms with van der Waals surface area (Å²) in [6, 6.07) is 11.7. The van der Waals surface area contributed by atoms with Crippen molar-refractivity contribution in [2.75, 3.05) is 5.75 Å². The molecule has 2 N–H and O–H groups in total. The first-order valence-electron chi connectivity index (χ1n) is 7.97. The molecule has 0 bridgehead atoms. The first kappa shape index (κ1) is 16.5. The minimum atomic E-state index is -0.0936. The summed E-state index contributed by atoms with van der Waals surface area (Å²) in [4.78, 5) is 24.2. The minimum Gasteiger partial charge on any atom is -0.345 e. The molecule has 0 aliphatic rings. The van der Waals surface area contributed by atoms with Crippen molar-refractivity contribution in [2.24, 2.45) is 0 Å². The monoisotopic (exact) mass is 340 g/mol. The number of nitrogens with zero attached hydrogens (tertiary/aromatic N) is 2. The average Bonchev–Trinajstić information content (AvgIpc) is 3.04. The molecule has 0 spiro atoms. The molecule has 5 nitrogen and oxygen atoms in total. The molecule has 1 amide bonds. The Labute approximate surface area is 145 Å². The number of hydrogen-bond acceptors (Lipinski definition) is 4. The largest absolute Gasteiger partial charge is 0.345 e. The lowest BCUT2D eigenvalue weighted by Crippen LogP contribution is -2.30. The van der Waals surface area contributed by atoms with E-state index in [4.69, 9.17) is 0 Å². The van der Waals surface area contributed by atoms with E-state index in [1.165, 1.54) is 0 Å². The number of rotatable bonds is 7. The SMILES string of the molecule is CC[C@@H](NC(=O)CSCc1cccnc1)c1nc2ccccc2[nH]1. The first-order valence-corrected chi connectivity index (χ1v) is 9.12. The Morgan fingerprint density at radius 2 is 2.17 bits per heavy atom. The van der Waals surface area contributed by atoms with Crippen LogP contribution in [0.15, 0.2) is 48.8 Å². The Kier molecular flexibility index (Phi) is 5.48. The topological polar surface area (TPSA) is 70.7 Å². The summed E-state index contributed by atoms with van der Waals surface area (Å²) in [5.74, 6) is 2.04. The highest BCUT2D eigenvalue weighted by Crippen LogP contribution is 2.18. The average molecular weight is 340 g/mol. The molecule has 0 saturated heterocycles. The molecule has 1 atom stereocenters. The highest BCUT2D eigenvalue weighted by atomic mass is 32.2. The molecule has 24 heavy (non-hydrogen) atoms. The van der Waals surface area contributed by atoms with E-state index in [9.17, 15) is 4.79 Å². The van der Waals surface area contributed by atoms with Gasteiger partial charge in [-0.2, -0.15) is 0 Å². The lowest BCUT2D eigenvalue weighted by atomic mass is 10.2. The van der Waals surface area contributed by atoms with Crippen LogP contribution < -0.4 is 5.32 Å². The maximum Gasteiger partial charge on any atom is 0.230 e. The van der Waals surface area contributed by atoms with Gasteiger partial charge < -0.3 is 10.3 Å². The van der Waals surface area contributed by atoms with Crippen LogP contribution in [-0.4, -0.2) is 26.6 Å². The van der Waals surface area contributed by atoms with E-state index in [-0.39, 0.29) is 11.9 Å². The fourth-order valence-electron chi connectivity index (χ4n) is 2.48. The van der Waals surface area contributed by atoms with Crippen molar-refractivity contribution in [1.82, 2.24) is 20.3 Å². The zero-order valence-corrected chi connectivity index (χ0v) is 14.3. The van der Waals surface area contributed by atoms with Gasteiger partial charge in [0, 0.05) is 18.1 Å². The van der Waals surface area contributed by atoms with Crippen LogP contribution in [0.1, 0.15) is 30.8 Å². The number of imidazole rings is 1. The van der Waals surface area contributed by atoms with Crippen LogP contribution in [0.2, 0.25) is 0 Å². The van der Waals surface area contributed by atoms with E-state index in [1.807, 2.05) is 49.5 Å². The third kappa shape index (κ3) is 4.14. The second-order valence-electron chi connectivity index (χ2n) is 5.52. The Hall–Kier alpha value is -2.34. The molecule has 0 aliphatic heterocycles. The van der Waals surface area contributed by atoms with Crippen molar-refractivity contribution in [3.05, 3.63) is 60.2 Å². The number of carbonyl (C=O) groups is 1. The van der Waals surface area contributed by atoms with Crippen molar-refractivity contribution < 1.29 is 4.79 Å². The number of aromatic nitrogens is 3. The van der Waals surface area contributed by atoms with Gasteiger partial charge in [-0.05, 0) is 30.2 Å². The van der Waals surface area contributed by atoms with E-state index in [0.29, 0.717) is 5.75 Å². The summed E-state index contributed by atoms with van der Waals surface area (Å²) < 4.78 is 0. The molecule has 1 aromatic carbocycles. The Morgan fingerprint density at radius 1 is 1.29 bits per heavy atom. The summed E-state index contributed by atoms with van der Waals surface area (Å²) >= 11 is 1.58. The second-order valence-corrected chi connectivity index (χ2v) is 6.51. The summed E-state index contributed by atoms with van der Waals surface area (Å²) in [6.45, 7) is 2.04. The lowest BCUT2D eigenvalue weighted by molar-refractivity contribution is -0.119. The normalized spacial score (nSPS) is 12.2.